The van der Waals surface area contributed by atoms with Crippen molar-refractivity contribution in [2.45, 2.75) is 52.6 Å². The lowest BCUT2D eigenvalue weighted by molar-refractivity contribution is -0.101. The van der Waals surface area contributed by atoms with Crippen LogP contribution in [-0.2, 0) is 6.42 Å². The van der Waals surface area contributed by atoms with Gasteiger partial charge >= 0.3 is 0 Å². The molecule has 0 aromatic heterocycles. The van der Waals surface area contributed by atoms with E-state index in [-0.39, 0.29) is 0 Å². The highest BCUT2D eigenvalue weighted by atomic mass is 16.5. The van der Waals surface area contributed by atoms with E-state index in [9.17, 15) is 0 Å². The second kappa shape index (κ2) is 8.65. The lowest BCUT2D eigenvalue weighted by atomic mass is 9.57. The quantitative estimate of drug-likeness (QED) is 0.477. The highest BCUT2D eigenvalue weighted by Gasteiger charge is 2.51. The standard InChI is InChI=1S/C25H32O2/c1-5-16-26-22-12-8-20(9-13-22)17-21-10-14-23(15-11-21)27-24-19(4)18-25(24,6-2)7-3/h5,8-15,19,24H,1,6-7,16-18H2,2-4H3. The third-order valence-corrected chi connectivity index (χ3v) is 6.14. The zero-order chi connectivity index (χ0) is 19.3. The average Bonchev–Trinajstić information content (AvgIpc) is 2.70. The molecule has 1 aliphatic rings. The molecule has 0 N–H and O–H groups in total. The van der Waals surface area contributed by atoms with Gasteiger partial charge in [0.15, 0.2) is 0 Å². The van der Waals surface area contributed by atoms with Gasteiger partial charge in [0.25, 0.3) is 0 Å². The number of ether oxygens (including phenoxy) is 2. The summed E-state index contributed by atoms with van der Waals surface area (Å²) in [6.07, 6.45) is 6.70. The molecular formula is C25H32O2. The summed E-state index contributed by atoms with van der Waals surface area (Å²) in [4.78, 5) is 0. The van der Waals surface area contributed by atoms with Crippen LogP contribution in [0.25, 0.3) is 0 Å². The van der Waals surface area contributed by atoms with Crippen molar-refractivity contribution >= 4 is 0 Å². The van der Waals surface area contributed by atoms with Crippen molar-refractivity contribution in [1.82, 2.24) is 0 Å². The van der Waals surface area contributed by atoms with E-state index in [2.05, 4.69) is 63.7 Å². The summed E-state index contributed by atoms with van der Waals surface area (Å²) in [5.74, 6) is 2.52. The van der Waals surface area contributed by atoms with Crippen LogP contribution in [0.1, 0.15) is 51.2 Å². The molecule has 2 heteroatoms. The largest absolute Gasteiger partial charge is 0.490 e. The second-order valence-electron chi connectivity index (χ2n) is 7.85. The maximum absolute atomic E-state index is 6.39. The van der Waals surface area contributed by atoms with Gasteiger partial charge in [-0.25, -0.2) is 0 Å². The molecule has 2 aromatic rings. The molecule has 3 rings (SSSR count). The molecule has 2 unspecified atom stereocenters. The van der Waals surface area contributed by atoms with Crippen LogP contribution in [0, 0.1) is 11.3 Å². The fourth-order valence-corrected chi connectivity index (χ4v) is 4.42. The van der Waals surface area contributed by atoms with E-state index in [0.29, 0.717) is 24.0 Å². The van der Waals surface area contributed by atoms with Crippen LogP contribution in [0.3, 0.4) is 0 Å². The van der Waals surface area contributed by atoms with Crippen molar-refractivity contribution in [3.63, 3.8) is 0 Å². The number of rotatable bonds is 9. The predicted molar refractivity (Wildman–Crippen MR) is 113 cm³/mol. The highest BCUT2D eigenvalue weighted by Crippen LogP contribution is 2.52. The van der Waals surface area contributed by atoms with Crippen molar-refractivity contribution in [2.75, 3.05) is 6.61 Å². The van der Waals surface area contributed by atoms with Gasteiger partial charge in [-0.15, -0.1) is 0 Å². The van der Waals surface area contributed by atoms with Gasteiger partial charge in [-0.1, -0.05) is 57.7 Å². The first-order valence-corrected chi connectivity index (χ1v) is 10.2. The summed E-state index contributed by atoms with van der Waals surface area (Å²) >= 11 is 0. The van der Waals surface area contributed by atoms with Gasteiger partial charge in [0.1, 0.15) is 24.2 Å². The number of hydrogen-bond donors (Lipinski definition) is 0. The van der Waals surface area contributed by atoms with Crippen molar-refractivity contribution in [1.29, 1.82) is 0 Å². The van der Waals surface area contributed by atoms with Gasteiger partial charge in [-0.05, 0) is 67.0 Å². The van der Waals surface area contributed by atoms with Gasteiger partial charge in [-0.3, -0.25) is 0 Å². The molecule has 2 atom stereocenters. The van der Waals surface area contributed by atoms with E-state index >= 15 is 0 Å². The number of benzene rings is 2. The fraction of sp³-hybridized carbons (Fsp3) is 0.440. The molecule has 1 aliphatic carbocycles. The monoisotopic (exact) mass is 364 g/mol. The summed E-state index contributed by atoms with van der Waals surface area (Å²) in [5.41, 5.74) is 2.94. The summed E-state index contributed by atoms with van der Waals surface area (Å²) in [5, 5.41) is 0. The molecule has 27 heavy (non-hydrogen) atoms. The van der Waals surface area contributed by atoms with Crippen LogP contribution in [0.15, 0.2) is 61.2 Å². The molecule has 1 saturated carbocycles. The fourth-order valence-electron chi connectivity index (χ4n) is 4.42. The minimum atomic E-state index is 0.349. The smallest absolute Gasteiger partial charge is 0.119 e. The van der Waals surface area contributed by atoms with E-state index in [1.165, 1.54) is 30.4 Å². The summed E-state index contributed by atoms with van der Waals surface area (Å²) in [6.45, 7) is 11.1. The third-order valence-electron chi connectivity index (χ3n) is 6.14. The normalized spacial score (nSPS) is 20.6. The summed E-state index contributed by atoms with van der Waals surface area (Å²) in [7, 11) is 0. The van der Waals surface area contributed by atoms with Gasteiger partial charge in [0, 0.05) is 5.41 Å². The Kier molecular flexibility index (Phi) is 6.26. The Morgan fingerprint density at radius 1 is 0.963 bits per heavy atom. The predicted octanol–water partition coefficient (Wildman–Crippen LogP) is 6.44. The molecule has 2 nitrogen and oxygen atoms in total. The molecule has 0 spiro atoms. The Hall–Kier alpha value is -2.22. The van der Waals surface area contributed by atoms with Crippen molar-refractivity contribution < 1.29 is 9.47 Å². The van der Waals surface area contributed by atoms with Crippen molar-refractivity contribution in [3.05, 3.63) is 72.3 Å². The van der Waals surface area contributed by atoms with E-state index in [4.69, 9.17) is 9.47 Å². The molecule has 0 radical (unpaired) electrons. The molecule has 0 amide bonds. The van der Waals surface area contributed by atoms with Crippen LogP contribution in [-0.4, -0.2) is 12.7 Å². The lowest BCUT2D eigenvalue weighted by Gasteiger charge is -2.53. The van der Waals surface area contributed by atoms with E-state index in [1.54, 1.807) is 6.08 Å². The molecule has 1 fully saturated rings. The Bertz CT molecular complexity index is 726. The van der Waals surface area contributed by atoms with E-state index < -0.39 is 0 Å². The third kappa shape index (κ3) is 4.37. The maximum Gasteiger partial charge on any atom is 0.119 e. The zero-order valence-corrected chi connectivity index (χ0v) is 16.9. The van der Waals surface area contributed by atoms with E-state index in [0.717, 1.165) is 17.9 Å². The average molecular weight is 365 g/mol. The van der Waals surface area contributed by atoms with Gasteiger partial charge in [0.2, 0.25) is 0 Å². The van der Waals surface area contributed by atoms with Gasteiger partial charge in [-0.2, -0.15) is 0 Å². The van der Waals surface area contributed by atoms with Crippen LogP contribution in [0.4, 0.5) is 0 Å². The van der Waals surface area contributed by atoms with Crippen molar-refractivity contribution in [3.8, 4) is 11.5 Å². The number of hydrogen-bond acceptors (Lipinski definition) is 2. The van der Waals surface area contributed by atoms with E-state index in [1.807, 2.05) is 12.1 Å². The van der Waals surface area contributed by atoms with Gasteiger partial charge in [0.05, 0.1) is 0 Å². The first-order valence-electron chi connectivity index (χ1n) is 10.2. The Morgan fingerprint density at radius 2 is 1.52 bits per heavy atom. The van der Waals surface area contributed by atoms with Crippen LogP contribution >= 0.6 is 0 Å². The summed E-state index contributed by atoms with van der Waals surface area (Å²) < 4.78 is 11.9. The topological polar surface area (TPSA) is 18.5 Å². The molecule has 0 heterocycles. The Balaban J connectivity index is 1.59. The molecular weight excluding hydrogens is 332 g/mol. The molecule has 0 bridgehead atoms. The highest BCUT2D eigenvalue weighted by molar-refractivity contribution is 5.34. The minimum Gasteiger partial charge on any atom is -0.490 e. The van der Waals surface area contributed by atoms with Crippen LogP contribution in [0.5, 0.6) is 11.5 Å². The summed E-state index contributed by atoms with van der Waals surface area (Å²) in [6, 6.07) is 16.9. The molecule has 0 saturated heterocycles. The SMILES string of the molecule is C=CCOc1ccc(Cc2ccc(OC3C(C)CC3(CC)CC)cc2)cc1. The van der Waals surface area contributed by atoms with Crippen LogP contribution in [0.2, 0.25) is 0 Å². The first kappa shape index (κ1) is 19.5. The Labute approximate surface area is 164 Å². The maximum atomic E-state index is 6.39. The van der Waals surface area contributed by atoms with Crippen LogP contribution < -0.4 is 9.47 Å². The molecule has 0 aliphatic heterocycles. The lowest BCUT2D eigenvalue weighted by Crippen LogP contribution is -2.54. The minimum absolute atomic E-state index is 0.349. The molecule has 144 valence electrons. The second-order valence-corrected chi connectivity index (χ2v) is 7.85. The van der Waals surface area contributed by atoms with Crippen molar-refractivity contribution in [2.24, 2.45) is 11.3 Å². The molecule has 2 aromatic carbocycles. The van der Waals surface area contributed by atoms with Gasteiger partial charge < -0.3 is 9.47 Å². The zero-order valence-electron chi connectivity index (χ0n) is 16.9. The first-order chi connectivity index (χ1) is 13.1. The Morgan fingerprint density at radius 3 is 2.00 bits per heavy atom.